The van der Waals surface area contributed by atoms with E-state index in [4.69, 9.17) is 0 Å². The van der Waals surface area contributed by atoms with E-state index in [-0.39, 0.29) is 17.5 Å². The number of hydrogen-bond acceptors (Lipinski definition) is 4. The lowest BCUT2D eigenvalue weighted by Crippen LogP contribution is -2.37. The predicted molar refractivity (Wildman–Crippen MR) is 69.3 cm³/mol. The number of ether oxygens (including phenoxy) is 1. The molecule has 1 aromatic carbocycles. The topological polar surface area (TPSA) is 67.4 Å². The lowest BCUT2D eigenvalue weighted by Gasteiger charge is -2.13. The zero-order valence-electron chi connectivity index (χ0n) is 11.0. The highest BCUT2D eigenvalue weighted by Crippen LogP contribution is 2.23. The molecule has 21 heavy (non-hydrogen) atoms. The number of halogens is 3. The van der Waals surface area contributed by atoms with Crippen molar-refractivity contribution in [2.24, 2.45) is 0 Å². The van der Waals surface area contributed by atoms with Gasteiger partial charge in [-0.1, -0.05) is 0 Å². The molecule has 2 N–H and O–H groups in total. The first-order valence-electron chi connectivity index (χ1n) is 6.35. The second-order valence-electron chi connectivity index (χ2n) is 4.66. The van der Waals surface area contributed by atoms with Crippen LogP contribution in [0.25, 0.3) is 0 Å². The third kappa shape index (κ3) is 4.87. The molecule has 0 spiro atoms. The summed E-state index contributed by atoms with van der Waals surface area (Å²) in [6.45, 7) is 1.11. The van der Waals surface area contributed by atoms with Crippen LogP contribution in [0.5, 0.6) is 5.75 Å². The first-order chi connectivity index (χ1) is 9.76. The van der Waals surface area contributed by atoms with Crippen molar-refractivity contribution in [2.75, 3.05) is 13.1 Å². The van der Waals surface area contributed by atoms with Crippen LogP contribution >= 0.6 is 0 Å². The minimum absolute atomic E-state index is 0.0904. The van der Waals surface area contributed by atoms with E-state index in [0.717, 1.165) is 43.7 Å². The molecule has 1 heterocycles. The highest BCUT2D eigenvalue weighted by atomic mass is 32.2. The van der Waals surface area contributed by atoms with Gasteiger partial charge in [-0.25, -0.2) is 13.1 Å². The van der Waals surface area contributed by atoms with Crippen molar-refractivity contribution in [3.63, 3.8) is 0 Å². The summed E-state index contributed by atoms with van der Waals surface area (Å²) in [6.07, 6.45) is -2.91. The third-order valence-electron chi connectivity index (χ3n) is 3.05. The molecule has 1 saturated heterocycles. The van der Waals surface area contributed by atoms with Crippen molar-refractivity contribution >= 4 is 10.0 Å². The molecular weight excluding hydrogens is 309 g/mol. The molecule has 1 fully saturated rings. The summed E-state index contributed by atoms with van der Waals surface area (Å²) in [5.74, 6) is -0.459. The van der Waals surface area contributed by atoms with Crippen LogP contribution in [0.4, 0.5) is 13.2 Å². The number of sulfonamides is 1. The van der Waals surface area contributed by atoms with Gasteiger partial charge in [-0.05, 0) is 43.7 Å². The van der Waals surface area contributed by atoms with Crippen LogP contribution in [-0.4, -0.2) is 33.9 Å². The summed E-state index contributed by atoms with van der Waals surface area (Å²) < 4.78 is 66.1. The highest BCUT2D eigenvalue weighted by molar-refractivity contribution is 7.89. The van der Waals surface area contributed by atoms with Gasteiger partial charge in [0.2, 0.25) is 10.0 Å². The minimum atomic E-state index is -4.80. The molecule has 1 aliphatic heterocycles. The largest absolute Gasteiger partial charge is 0.573 e. The van der Waals surface area contributed by atoms with Crippen molar-refractivity contribution in [1.29, 1.82) is 0 Å². The molecule has 1 atom stereocenters. The molecule has 9 heteroatoms. The maximum Gasteiger partial charge on any atom is 0.573 e. The van der Waals surface area contributed by atoms with Crippen molar-refractivity contribution in [3.05, 3.63) is 24.3 Å². The summed E-state index contributed by atoms with van der Waals surface area (Å²) in [5, 5.41) is 3.14. The van der Waals surface area contributed by atoms with Crippen LogP contribution in [0, 0.1) is 0 Å². The second-order valence-corrected chi connectivity index (χ2v) is 6.43. The van der Waals surface area contributed by atoms with E-state index in [1.54, 1.807) is 0 Å². The van der Waals surface area contributed by atoms with E-state index in [9.17, 15) is 21.6 Å². The van der Waals surface area contributed by atoms with Gasteiger partial charge in [-0.3, -0.25) is 0 Å². The smallest absolute Gasteiger partial charge is 0.406 e. The van der Waals surface area contributed by atoms with Crippen LogP contribution in [0.3, 0.4) is 0 Å². The number of alkyl halides is 3. The molecule has 1 aliphatic rings. The lowest BCUT2D eigenvalue weighted by atomic mass is 10.2. The monoisotopic (exact) mass is 324 g/mol. The van der Waals surface area contributed by atoms with Crippen LogP contribution in [0.2, 0.25) is 0 Å². The number of benzene rings is 1. The molecule has 1 unspecified atom stereocenters. The summed E-state index contributed by atoms with van der Waals surface area (Å²) in [5.41, 5.74) is 0. The van der Waals surface area contributed by atoms with Crippen LogP contribution in [0.15, 0.2) is 29.2 Å². The van der Waals surface area contributed by atoms with E-state index in [1.807, 2.05) is 0 Å². The average Bonchev–Trinajstić information content (AvgIpc) is 2.88. The van der Waals surface area contributed by atoms with Gasteiger partial charge in [-0.2, -0.15) is 0 Å². The Hall–Kier alpha value is -1.32. The lowest BCUT2D eigenvalue weighted by molar-refractivity contribution is -0.274. The van der Waals surface area contributed by atoms with Crippen LogP contribution < -0.4 is 14.8 Å². The van der Waals surface area contributed by atoms with Crippen molar-refractivity contribution in [3.8, 4) is 5.75 Å². The molecule has 0 saturated carbocycles. The first kappa shape index (κ1) is 16.1. The van der Waals surface area contributed by atoms with Crippen molar-refractivity contribution < 1.29 is 26.3 Å². The molecule has 0 aromatic heterocycles. The number of rotatable bonds is 5. The summed E-state index contributed by atoms with van der Waals surface area (Å²) >= 11 is 0. The number of nitrogens with one attached hydrogen (secondary N) is 2. The molecule has 0 amide bonds. The Morgan fingerprint density at radius 2 is 1.95 bits per heavy atom. The fraction of sp³-hybridized carbons (Fsp3) is 0.500. The maximum atomic E-state index is 12.0. The molecule has 1 aromatic rings. The van der Waals surface area contributed by atoms with E-state index in [1.165, 1.54) is 0 Å². The van der Waals surface area contributed by atoms with E-state index < -0.39 is 22.1 Å². The Bertz CT molecular complexity index is 566. The van der Waals surface area contributed by atoms with Gasteiger partial charge >= 0.3 is 6.36 Å². The Morgan fingerprint density at radius 1 is 1.29 bits per heavy atom. The average molecular weight is 324 g/mol. The van der Waals surface area contributed by atoms with Gasteiger partial charge in [0.25, 0.3) is 0 Å². The molecular formula is C12H15F3N2O3S. The summed E-state index contributed by atoms with van der Waals surface area (Å²) in [7, 11) is -3.74. The zero-order valence-corrected chi connectivity index (χ0v) is 11.8. The highest BCUT2D eigenvalue weighted by Gasteiger charge is 2.31. The van der Waals surface area contributed by atoms with E-state index in [2.05, 4.69) is 14.8 Å². The normalized spacial score (nSPS) is 19.7. The SMILES string of the molecule is O=S(=O)(NCC1CCCN1)c1ccc(OC(F)(F)F)cc1. The van der Waals surface area contributed by atoms with E-state index >= 15 is 0 Å². The Balaban J connectivity index is 1.99. The summed E-state index contributed by atoms with van der Waals surface area (Å²) in [6, 6.07) is 4.18. The van der Waals surface area contributed by atoms with Gasteiger partial charge in [0.1, 0.15) is 5.75 Å². The van der Waals surface area contributed by atoms with Crippen molar-refractivity contribution in [1.82, 2.24) is 10.0 Å². The van der Waals surface area contributed by atoms with Crippen LogP contribution in [0.1, 0.15) is 12.8 Å². The van der Waals surface area contributed by atoms with Crippen molar-refractivity contribution in [2.45, 2.75) is 30.1 Å². The Morgan fingerprint density at radius 3 is 2.48 bits per heavy atom. The fourth-order valence-electron chi connectivity index (χ4n) is 2.05. The van der Waals surface area contributed by atoms with Gasteiger partial charge < -0.3 is 10.1 Å². The van der Waals surface area contributed by atoms with Gasteiger partial charge in [0.05, 0.1) is 4.90 Å². The Kier molecular flexibility index (Phi) is 4.74. The predicted octanol–water partition coefficient (Wildman–Crippen LogP) is 1.62. The minimum Gasteiger partial charge on any atom is -0.406 e. The van der Waals surface area contributed by atoms with Gasteiger partial charge in [0, 0.05) is 12.6 Å². The number of hydrogen-bond donors (Lipinski definition) is 2. The van der Waals surface area contributed by atoms with Crippen LogP contribution in [-0.2, 0) is 10.0 Å². The second kappa shape index (κ2) is 6.20. The molecule has 0 radical (unpaired) electrons. The van der Waals surface area contributed by atoms with Gasteiger partial charge in [-0.15, -0.1) is 13.2 Å². The maximum absolute atomic E-state index is 12.0. The molecule has 0 aliphatic carbocycles. The Labute approximate surface area is 120 Å². The molecule has 5 nitrogen and oxygen atoms in total. The molecule has 118 valence electrons. The summed E-state index contributed by atoms with van der Waals surface area (Å²) in [4.78, 5) is -0.102. The first-order valence-corrected chi connectivity index (χ1v) is 7.83. The standard InChI is InChI=1S/C12H15F3N2O3S/c13-12(14,15)20-10-3-5-11(6-4-10)21(18,19)17-8-9-2-1-7-16-9/h3-6,9,16-17H,1-2,7-8H2. The van der Waals surface area contributed by atoms with Gasteiger partial charge in [0.15, 0.2) is 0 Å². The fourth-order valence-corrected chi connectivity index (χ4v) is 3.13. The zero-order chi connectivity index (χ0) is 15.5. The third-order valence-corrected chi connectivity index (χ3v) is 4.49. The molecule has 2 rings (SSSR count). The molecule has 0 bridgehead atoms. The van der Waals surface area contributed by atoms with E-state index in [0.29, 0.717) is 0 Å². The quantitative estimate of drug-likeness (QED) is 0.864.